The Bertz CT molecular complexity index is 509. The van der Waals surface area contributed by atoms with Gasteiger partial charge >= 0.3 is 0 Å². The molecule has 1 aromatic rings. The minimum Gasteiger partial charge on any atom is -0.381 e. The van der Waals surface area contributed by atoms with Gasteiger partial charge in [-0.25, -0.2) is 9.97 Å². The number of nitrogens with one attached hydrogen (secondary N) is 1. The number of nitrogens with zero attached hydrogens (tertiary/aromatic N) is 3. The van der Waals surface area contributed by atoms with Gasteiger partial charge in [-0.15, -0.1) is 0 Å². The van der Waals surface area contributed by atoms with E-state index in [2.05, 4.69) is 15.3 Å². The van der Waals surface area contributed by atoms with Gasteiger partial charge in [0.1, 0.15) is 12.1 Å². The summed E-state index contributed by atoms with van der Waals surface area (Å²) in [4.78, 5) is 22.9. The van der Waals surface area contributed by atoms with Crippen LogP contribution < -0.4 is 5.32 Å². The zero-order chi connectivity index (χ0) is 15.4. The smallest absolute Gasteiger partial charge is 0.225 e. The number of aryl methyl sites for hydroxylation is 1. The molecule has 1 amide bonds. The Morgan fingerprint density at radius 3 is 2.64 bits per heavy atom. The molecule has 3 rings (SSSR count). The average molecular weight is 304 g/mol. The standard InChI is InChI=1S/C16H24N4O2/c1-12-10-15(18-11-17-12)19-14-2-6-20(7-3-14)16(21)13-4-8-22-9-5-13/h10-11,13-14H,2-9H2,1H3,(H,17,18,19). The molecule has 0 bridgehead atoms. The van der Waals surface area contributed by atoms with Crippen LogP contribution >= 0.6 is 0 Å². The number of hydrogen-bond acceptors (Lipinski definition) is 5. The average Bonchev–Trinajstić information content (AvgIpc) is 2.56. The van der Waals surface area contributed by atoms with E-state index in [1.54, 1.807) is 6.33 Å². The van der Waals surface area contributed by atoms with Crippen molar-refractivity contribution < 1.29 is 9.53 Å². The largest absolute Gasteiger partial charge is 0.381 e. The van der Waals surface area contributed by atoms with Crippen molar-refractivity contribution in [2.45, 2.75) is 38.6 Å². The van der Waals surface area contributed by atoms with Gasteiger partial charge in [-0.1, -0.05) is 0 Å². The van der Waals surface area contributed by atoms with Gasteiger partial charge in [0.2, 0.25) is 5.91 Å². The Kier molecular flexibility index (Phi) is 4.87. The molecule has 0 atom stereocenters. The van der Waals surface area contributed by atoms with E-state index in [9.17, 15) is 4.79 Å². The Hall–Kier alpha value is -1.69. The summed E-state index contributed by atoms with van der Waals surface area (Å²) in [6.45, 7) is 5.07. The van der Waals surface area contributed by atoms with Gasteiger partial charge in [0.05, 0.1) is 0 Å². The maximum atomic E-state index is 12.5. The maximum Gasteiger partial charge on any atom is 0.225 e. The monoisotopic (exact) mass is 304 g/mol. The lowest BCUT2D eigenvalue weighted by Gasteiger charge is -2.35. The van der Waals surface area contributed by atoms with Crippen molar-refractivity contribution in [3.63, 3.8) is 0 Å². The first-order valence-electron chi connectivity index (χ1n) is 8.14. The molecule has 22 heavy (non-hydrogen) atoms. The van der Waals surface area contributed by atoms with Gasteiger partial charge in [0, 0.05) is 50.0 Å². The fourth-order valence-corrected chi connectivity index (χ4v) is 3.19. The Balaban J connectivity index is 1.48. The SMILES string of the molecule is Cc1cc(NC2CCN(C(=O)C3CCOCC3)CC2)ncn1. The van der Waals surface area contributed by atoms with Crippen LogP contribution in [0.1, 0.15) is 31.4 Å². The van der Waals surface area contributed by atoms with E-state index >= 15 is 0 Å². The first-order valence-corrected chi connectivity index (χ1v) is 8.14. The predicted octanol–water partition coefficient (Wildman–Crippen LogP) is 1.61. The second-order valence-electron chi connectivity index (χ2n) is 6.18. The van der Waals surface area contributed by atoms with E-state index in [0.29, 0.717) is 11.9 Å². The summed E-state index contributed by atoms with van der Waals surface area (Å²) in [6.07, 6.45) is 5.27. The van der Waals surface area contributed by atoms with Crippen molar-refractivity contribution in [1.82, 2.24) is 14.9 Å². The van der Waals surface area contributed by atoms with Crippen LogP contribution in [-0.4, -0.2) is 53.1 Å². The molecular formula is C16H24N4O2. The van der Waals surface area contributed by atoms with E-state index in [0.717, 1.165) is 63.5 Å². The third-order valence-corrected chi connectivity index (χ3v) is 4.53. The number of ether oxygens (including phenoxy) is 1. The molecule has 0 saturated carbocycles. The predicted molar refractivity (Wildman–Crippen MR) is 83.5 cm³/mol. The molecule has 0 aromatic carbocycles. The maximum absolute atomic E-state index is 12.5. The van der Waals surface area contributed by atoms with Gasteiger partial charge in [0.25, 0.3) is 0 Å². The van der Waals surface area contributed by atoms with E-state index in [1.165, 1.54) is 0 Å². The molecule has 2 saturated heterocycles. The van der Waals surface area contributed by atoms with Crippen molar-refractivity contribution in [2.75, 3.05) is 31.6 Å². The molecule has 0 aliphatic carbocycles. The van der Waals surface area contributed by atoms with Gasteiger partial charge in [-0.3, -0.25) is 4.79 Å². The summed E-state index contributed by atoms with van der Waals surface area (Å²) in [6, 6.07) is 2.34. The quantitative estimate of drug-likeness (QED) is 0.919. The summed E-state index contributed by atoms with van der Waals surface area (Å²) in [5.41, 5.74) is 0.963. The van der Waals surface area contributed by atoms with Gasteiger partial charge in [-0.2, -0.15) is 0 Å². The van der Waals surface area contributed by atoms with Crippen molar-refractivity contribution in [2.24, 2.45) is 5.92 Å². The highest BCUT2D eigenvalue weighted by atomic mass is 16.5. The van der Waals surface area contributed by atoms with Crippen LogP contribution in [0.5, 0.6) is 0 Å². The molecule has 120 valence electrons. The molecule has 0 unspecified atom stereocenters. The molecule has 2 fully saturated rings. The molecule has 1 N–H and O–H groups in total. The third-order valence-electron chi connectivity index (χ3n) is 4.53. The van der Waals surface area contributed by atoms with Gasteiger partial charge in [-0.05, 0) is 32.6 Å². The number of amides is 1. The van der Waals surface area contributed by atoms with Crippen molar-refractivity contribution in [3.8, 4) is 0 Å². The van der Waals surface area contributed by atoms with Crippen LogP contribution in [0.25, 0.3) is 0 Å². The Morgan fingerprint density at radius 1 is 1.23 bits per heavy atom. The van der Waals surface area contributed by atoms with Gasteiger partial charge < -0.3 is 15.0 Å². The van der Waals surface area contributed by atoms with Gasteiger partial charge in [0.15, 0.2) is 0 Å². The summed E-state index contributed by atoms with van der Waals surface area (Å²) < 4.78 is 5.34. The lowest BCUT2D eigenvalue weighted by molar-refractivity contribution is -0.139. The van der Waals surface area contributed by atoms with Crippen LogP contribution in [0.15, 0.2) is 12.4 Å². The molecule has 2 aliphatic rings. The minimum absolute atomic E-state index is 0.169. The molecule has 2 aliphatic heterocycles. The van der Waals surface area contributed by atoms with Crippen LogP contribution in [0.4, 0.5) is 5.82 Å². The van der Waals surface area contributed by atoms with E-state index in [-0.39, 0.29) is 5.92 Å². The summed E-state index contributed by atoms with van der Waals surface area (Å²) in [5, 5.41) is 3.45. The molecule has 0 radical (unpaired) electrons. The number of anilines is 1. The second-order valence-corrected chi connectivity index (χ2v) is 6.18. The first kappa shape index (κ1) is 15.2. The molecule has 0 spiro atoms. The third kappa shape index (κ3) is 3.74. The highest BCUT2D eigenvalue weighted by molar-refractivity contribution is 5.79. The van der Waals surface area contributed by atoms with Crippen molar-refractivity contribution in [1.29, 1.82) is 0 Å². The number of piperidine rings is 1. The van der Waals surface area contributed by atoms with Crippen molar-refractivity contribution >= 4 is 11.7 Å². The summed E-state index contributed by atoms with van der Waals surface area (Å²) in [7, 11) is 0. The highest BCUT2D eigenvalue weighted by Crippen LogP contribution is 2.21. The zero-order valence-electron chi connectivity index (χ0n) is 13.1. The van der Waals surface area contributed by atoms with Crippen LogP contribution in [0.2, 0.25) is 0 Å². The summed E-state index contributed by atoms with van der Waals surface area (Å²) in [5.74, 6) is 1.36. The minimum atomic E-state index is 0.169. The van der Waals surface area contributed by atoms with E-state index in [1.807, 2.05) is 17.9 Å². The van der Waals surface area contributed by atoms with Crippen LogP contribution in [-0.2, 0) is 9.53 Å². The normalized spacial score (nSPS) is 20.9. The number of rotatable bonds is 3. The first-order chi connectivity index (χ1) is 10.7. The van der Waals surface area contributed by atoms with Crippen molar-refractivity contribution in [3.05, 3.63) is 18.1 Å². The van der Waals surface area contributed by atoms with E-state index in [4.69, 9.17) is 4.74 Å². The molecule has 1 aromatic heterocycles. The van der Waals surface area contributed by atoms with Crippen LogP contribution in [0.3, 0.4) is 0 Å². The van der Waals surface area contributed by atoms with E-state index < -0.39 is 0 Å². The Morgan fingerprint density at radius 2 is 1.95 bits per heavy atom. The molecule has 6 heteroatoms. The topological polar surface area (TPSA) is 67.4 Å². The zero-order valence-corrected chi connectivity index (χ0v) is 13.1. The molecule has 6 nitrogen and oxygen atoms in total. The van der Waals surface area contributed by atoms with Crippen LogP contribution in [0, 0.1) is 12.8 Å². The highest BCUT2D eigenvalue weighted by Gasteiger charge is 2.29. The Labute approximate surface area is 131 Å². The number of carbonyl (C=O) groups excluding carboxylic acids is 1. The second kappa shape index (κ2) is 7.05. The molecule has 3 heterocycles. The fourth-order valence-electron chi connectivity index (χ4n) is 3.19. The lowest BCUT2D eigenvalue weighted by atomic mass is 9.96. The molecular weight excluding hydrogens is 280 g/mol. The number of aromatic nitrogens is 2. The number of likely N-dealkylation sites (tertiary alicyclic amines) is 1. The summed E-state index contributed by atoms with van der Waals surface area (Å²) >= 11 is 0. The lowest BCUT2D eigenvalue weighted by Crippen LogP contribution is -2.45. The fraction of sp³-hybridized carbons (Fsp3) is 0.688. The number of hydrogen-bond donors (Lipinski definition) is 1. The number of carbonyl (C=O) groups is 1.